The number of hydrogen-bond donors (Lipinski definition) is 3. The van der Waals surface area contributed by atoms with Crippen molar-refractivity contribution in [1.82, 2.24) is 25.2 Å². The molecule has 1 aliphatic carbocycles. The monoisotopic (exact) mass is 615 g/mol. The standard InChI is InChI=1S/C29H29F4N7O4/c1-15(38-39-26-34-9-4-10-35-26)23(29(31,32)33)25(41)40-13-19-20(14-40)24(19)44-22-12-17(28(2,3)37-27(42)43)11-21(36-22)16-5-7-18(30)8-6-16/h4-12,19-20,23-24,37H,13-14H2,1-3H3,(H,42,43)(H,34,35,39)/t19-,20+,23?,24?. The number of nitrogens with one attached hydrogen (secondary N) is 2. The molecule has 4 atom stereocenters. The molecule has 5 rings (SSSR count). The van der Waals surface area contributed by atoms with E-state index in [-0.39, 0.29) is 36.8 Å². The largest absolute Gasteiger partial charge is 0.474 e. The van der Waals surface area contributed by atoms with Gasteiger partial charge >= 0.3 is 12.3 Å². The Morgan fingerprint density at radius 1 is 1.09 bits per heavy atom. The summed E-state index contributed by atoms with van der Waals surface area (Å²) in [4.78, 5) is 37.9. The average molecular weight is 616 g/mol. The van der Waals surface area contributed by atoms with Crippen molar-refractivity contribution in [2.24, 2.45) is 22.9 Å². The molecule has 3 N–H and O–H groups in total. The van der Waals surface area contributed by atoms with Crippen LogP contribution in [0.15, 0.2) is 60.0 Å². The molecule has 2 aromatic heterocycles. The molecule has 1 saturated carbocycles. The van der Waals surface area contributed by atoms with Crippen LogP contribution in [0, 0.1) is 23.6 Å². The zero-order valence-electron chi connectivity index (χ0n) is 23.8. The number of carbonyl (C=O) groups is 2. The first kappa shape index (κ1) is 30.6. The van der Waals surface area contributed by atoms with Gasteiger partial charge in [0.05, 0.1) is 16.9 Å². The van der Waals surface area contributed by atoms with Gasteiger partial charge in [-0.05, 0) is 62.7 Å². The number of aromatic nitrogens is 3. The lowest BCUT2D eigenvalue weighted by Gasteiger charge is -2.27. The Bertz CT molecular complexity index is 1560. The van der Waals surface area contributed by atoms with E-state index in [4.69, 9.17) is 4.74 Å². The first-order valence-electron chi connectivity index (χ1n) is 13.6. The smallest absolute Gasteiger partial charge is 0.405 e. The molecule has 232 valence electrons. The lowest BCUT2D eigenvalue weighted by atomic mass is 9.93. The molecule has 0 spiro atoms. The first-order valence-corrected chi connectivity index (χ1v) is 13.6. The number of amides is 2. The summed E-state index contributed by atoms with van der Waals surface area (Å²) in [6, 6.07) is 10.4. The zero-order valence-corrected chi connectivity index (χ0v) is 23.8. The lowest BCUT2D eigenvalue weighted by molar-refractivity contribution is -0.175. The maximum Gasteiger partial charge on any atom is 0.405 e. The highest BCUT2D eigenvalue weighted by atomic mass is 19.4. The van der Waals surface area contributed by atoms with Crippen LogP contribution in [0.5, 0.6) is 5.88 Å². The highest BCUT2D eigenvalue weighted by Gasteiger charge is 2.61. The summed E-state index contributed by atoms with van der Waals surface area (Å²) in [5.74, 6) is -4.27. The van der Waals surface area contributed by atoms with E-state index in [1.54, 1.807) is 26.0 Å². The fourth-order valence-corrected chi connectivity index (χ4v) is 5.30. The Labute approximate surface area is 249 Å². The second-order valence-electron chi connectivity index (χ2n) is 11.2. The first-order chi connectivity index (χ1) is 20.7. The van der Waals surface area contributed by atoms with Crippen molar-refractivity contribution in [3.05, 3.63) is 66.2 Å². The van der Waals surface area contributed by atoms with Crippen molar-refractivity contribution in [3.63, 3.8) is 0 Å². The highest BCUT2D eigenvalue weighted by molar-refractivity contribution is 6.04. The second-order valence-corrected chi connectivity index (χ2v) is 11.2. The molecule has 2 unspecified atom stereocenters. The number of piperidine rings is 1. The Balaban J connectivity index is 1.30. The van der Waals surface area contributed by atoms with Gasteiger partial charge in [0.15, 0.2) is 5.92 Å². The zero-order chi connectivity index (χ0) is 31.8. The topological polar surface area (TPSA) is 142 Å². The van der Waals surface area contributed by atoms with Crippen LogP contribution >= 0.6 is 0 Å². The quantitative estimate of drug-likeness (QED) is 0.179. The number of likely N-dealkylation sites (tertiary alicyclic amines) is 1. The van der Waals surface area contributed by atoms with Gasteiger partial charge in [-0.25, -0.2) is 29.6 Å². The molecule has 1 aromatic carbocycles. The van der Waals surface area contributed by atoms with Gasteiger partial charge in [0.2, 0.25) is 17.7 Å². The van der Waals surface area contributed by atoms with Crippen molar-refractivity contribution in [2.45, 2.75) is 38.6 Å². The predicted octanol–water partition coefficient (Wildman–Crippen LogP) is 4.68. The van der Waals surface area contributed by atoms with Gasteiger partial charge in [-0.3, -0.25) is 4.79 Å². The van der Waals surface area contributed by atoms with Gasteiger partial charge in [-0.1, -0.05) is 0 Å². The van der Waals surface area contributed by atoms with Gasteiger partial charge in [-0.15, -0.1) is 0 Å². The summed E-state index contributed by atoms with van der Waals surface area (Å²) in [7, 11) is 0. The number of hydrogen-bond acceptors (Lipinski definition) is 8. The minimum Gasteiger partial charge on any atom is -0.474 e. The molecule has 2 fully saturated rings. The molecule has 2 aliphatic rings. The number of anilines is 1. The molecule has 11 nitrogen and oxygen atoms in total. The van der Waals surface area contributed by atoms with Crippen LogP contribution in [-0.2, 0) is 10.3 Å². The van der Waals surface area contributed by atoms with Crippen molar-refractivity contribution in [3.8, 4) is 17.1 Å². The molecule has 44 heavy (non-hydrogen) atoms. The van der Waals surface area contributed by atoms with Crippen molar-refractivity contribution in [2.75, 3.05) is 18.5 Å². The van der Waals surface area contributed by atoms with Crippen LogP contribution < -0.4 is 15.5 Å². The van der Waals surface area contributed by atoms with E-state index in [0.717, 1.165) is 6.92 Å². The van der Waals surface area contributed by atoms with Crippen LogP contribution in [0.3, 0.4) is 0 Å². The third-order valence-electron chi connectivity index (χ3n) is 7.66. The normalized spacial score (nSPS) is 20.5. The Kier molecular flexibility index (Phi) is 8.14. The third-order valence-corrected chi connectivity index (χ3v) is 7.66. The number of hydrazone groups is 1. The number of alkyl halides is 3. The number of carbonyl (C=O) groups excluding carboxylic acids is 1. The maximum absolute atomic E-state index is 14.0. The van der Waals surface area contributed by atoms with E-state index < -0.39 is 47.3 Å². The average Bonchev–Trinajstić information content (AvgIpc) is 3.37. The number of ether oxygens (including phenoxy) is 1. The number of benzene rings is 1. The molecule has 0 radical (unpaired) electrons. The fraction of sp³-hybridized carbons (Fsp3) is 0.379. The van der Waals surface area contributed by atoms with E-state index in [1.807, 2.05) is 0 Å². The summed E-state index contributed by atoms with van der Waals surface area (Å²) in [6.07, 6.45) is -3.73. The Morgan fingerprint density at radius 3 is 2.32 bits per heavy atom. The van der Waals surface area contributed by atoms with Crippen molar-refractivity contribution >= 4 is 23.7 Å². The second kappa shape index (κ2) is 11.7. The van der Waals surface area contributed by atoms with E-state index in [0.29, 0.717) is 16.8 Å². The van der Waals surface area contributed by atoms with Crippen LogP contribution in [0.2, 0.25) is 0 Å². The number of rotatable bonds is 9. The summed E-state index contributed by atoms with van der Waals surface area (Å²) in [5, 5.41) is 15.5. The van der Waals surface area contributed by atoms with E-state index in [1.165, 1.54) is 47.6 Å². The number of nitrogens with zero attached hydrogens (tertiary/aromatic N) is 5. The Morgan fingerprint density at radius 2 is 1.73 bits per heavy atom. The third kappa shape index (κ3) is 6.71. The minimum atomic E-state index is -4.87. The van der Waals surface area contributed by atoms with Crippen molar-refractivity contribution in [1.29, 1.82) is 0 Å². The number of pyridine rings is 1. The van der Waals surface area contributed by atoms with E-state index >= 15 is 0 Å². The molecule has 1 saturated heterocycles. The molecule has 15 heteroatoms. The summed E-state index contributed by atoms with van der Waals surface area (Å²) in [5.41, 5.74) is 2.35. The van der Waals surface area contributed by atoms with Gasteiger partial charge in [0, 0.05) is 48.9 Å². The van der Waals surface area contributed by atoms with Gasteiger partial charge < -0.3 is 20.1 Å². The number of carboxylic acid groups (broad SMARTS) is 1. The predicted molar refractivity (Wildman–Crippen MR) is 150 cm³/mol. The SMILES string of the molecule is CC(=NNc1ncccn1)C(C(=O)N1C[C@@H]2C(Oc3cc(C(C)(C)NC(=O)O)cc(-c4ccc(F)cc4)n3)[C@@H]2C1)C(F)(F)F. The summed E-state index contributed by atoms with van der Waals surface area (Å²) in [6.45, 7) is 4.55. The van der Waals surface area contributed by atoms with Gasteiger partial charge in [0.1, 0.15) is 11.9 Å². The molecule has 0 bridgehead atoms. The lowest BCUT2D eigenvalue weighted by Crippen LogP contribution is -2.46. The molecule has 3 heterocycles. The number of fused-ring (bicyclic) bond motifs is 1. The summed E-state index contributed by atoms with van der Waals surface area (Å²) >= 11 is 0. The van der Waals surface area contributed by atoms with Crippen LogP contribution in [0.25, 0.3) is 11.3 Å². The number of halogens is 4. The van der Waals surface area contributed by atoms with Crippen LogP contribution in [-0.4, -0.2) is 68.0 Å². The maximum atomic E-state index is 14.0. The molecule has 1 aliphatic heterocycles. The molecular weight excluding hydrogens is 586 g/mol. The van der Waals surface area contributed by atoms with Gasteiger partial charge in [0.25, 0.3) is 0 Å². The van der Waals surface area contributed by atoms with E-state index in [2.05, 4.69) is 30.8 Å². The van der Waals surface area contributed by atoms with Crippen molar-refractivity contribution < 1.29 is 37.0 Å². The minimum absolute atomic E-state index is 0.00924. The highest BCUT2D eigenvalue weighted by Crippen LogP contribution is 2.49. The molecule has 2 amide bonds. The fourth-order valence-electron chi connectivity index (χ4n) is 5.30. The molecular formula is C29H29F4N7O4. The van der Waals surface area contributed by atoms with Crippen LogP contribution in [0.4, 0.5) is 28.3 Å². The molecule has 3 aromatic rings. The Hall–Kier alpha value is -4.82. The van der Waals surface area contributed by atoms with E-state index in [9.17, 15) is 32.3 Å². The summed E-state index contributed by atoms with van der Waals surface area (Å²) < 4.78 is 61.7. The van der Waals surface area contributed by atoms with Gasteiger partial charge in [-0.2, -0.15) is 18.3 Å². The van der Waals surface area contributed by atoms with Crippen LogP contribution in [0.1, 0.15) is 26.3 Å².